The second kappa shape index (κ2) is 67.1. The van der Waals surface area contributed by atoms with Crippen molar-refractivity contribution in [2.24, 2.45) is 0 Å². The maximum absolute atomic E-state index is 12.6. The molecule has 0 aliphatic carbocycles. The van der Waals surface area contributed by atoms with Crippen LogP contribution in [0.5, 0.6) is 0 Å². The number of hydrogen-bond acceptors (Lipinski definition) is 6. The van der Waals surface area contributed by atoms with Crippen molar-refractivity contribution in [1.29, 1.82) is 0 Å². The van der Waals surface area contributed by atoms with Crippen LogP contribution in [0.4, 0.5) is 0 Å². The Bertz CT molecular complexity index is 1250. The average Bonchev–Trinajstić information content (AvgIpc) is 3.45. The zero-order chi connectivity index (χ0) is 57.3. The third-order valence-electron chi connectivity index (χ3n) is 16.8. The van der Waals surface area contributed by atoms with E-state index in [1.807, 2.05) is 0 Å². The van der Waals surface area contributed by atoms with E-state index in [1.165, 1.54) is 295 Å². The summed E-state index contributed by atoms with van der Waals surface area (Å²) in [5.74, 6) is -0.138. The fourth-order valence-corrected chi connectivity index (χ4v) is 11.4. The molecule has 0 aromatic heterocycles. The quantitative estimate of drug-likeness (QED) is 0.0274. The highest BCUT2D eigenvalue weighted by molar-refractivity contribution is 5.76. The summed E-state index contributed by atoms with van der Waals surface area (Å²) in [5.41, 5.74) is 0. The van der Waals surface area contributed by atoms with Crippen LogP contribution < -0.4 is 5.32 Å². The lowest BCUT2D eigenvalue weighted by Gasteiger charge is -2.26. The lowest BCUT2D eigenvalue weighted by molar-refractivity contribution is -0.143. The monoisotopic (exact) mass is 1110 g/mol. The van der Waals surface area contributed by atoms with Gasteiger partial charge >= 0.3 is 5.97 Å². The molecule has 1 amide bonds. The Labute approximate surface area is 493 Å². The Morgan fingerprint density at radius 2 is 0.658 bits per heavy atom. The van der Waals surface area contributed by atoms with Crippen molar-refractivity contribution in [3.8, 4) is 0 Å². The summed E-state index contributed by atoms with van der Waals surface area (Å²) in [7, 11) is 0. The molecule has 7 heteroatoms. The van der Waals surface area contributed by atoms with Gasteiger partial charge < -0.3 is 25.4 Å². The highest BCUT2D eigenvalue weighted by atomic mass is 16.5. The van der Waals surface area contributed by atoms with Gasteiger partial charge in [0.25, 0.3) is 0 Å². The van der Waals surface area contributed by atoms with E-state index in [2.05, 4.69) is 43.5 Å². The molecule has 0 aliphatic heterocycles. The first-order valence-corrected chi connectivity index (χ1v) is 35.7. The lowest BCUT2D eigenvalue weighted by Crippen LogP contribution is -2.50. The second-order valence-corrected chi connectivity index (χ2v) is 24.7. The number of hydrogen-bond donors (Lipinski definition) is 4. The van der Waals surface area contributed by atoms with Crippen molar-refractivity contribution in [2.45, 2.75) is 411 Å². The molecule has 0 bridgehead atoms. The first kappa shape index (κ1) is 77.3. The summed E-state index contributed by atoms with van der Waals surface area (Å²) >= 11 is 0. The third-order valence-corrected chi connectivity index (χ3v) is 16.8. The Morgan fingerprint density at radius 3 is 1.03 bits per heavy atom. The molecule has 0 aromatic carbocycles. The first-order valence-electron chi connectivity index (χ1n) is 35.7. The first-order chi connectivity index (χ1) is 39.0. The van der Waals surface area contributed by atoms with E-state index in [0.29, 0.717) is 25.9 Å². The van der Waals surface area contributed by atoms with E-state index < -0.39 is 18.2 Å². The Morgan fingerprint density at radius 1 is 0.367 bits per heavy atom. The van der Waals surface area contributed by atoms with Gasteiger partial charge in [0.15, 0.2) is 0 Å². The normalized spacial score (nSPS) is 13.0. The maximum atomic E-state index is 12.6. The van der Waals surface area contributed by atoms with Crippen LogP contribution >= 0.6 is 0 Å². The maximum Gasteiger partial charge on any atom is 0.305 e. The van der Waals surface area contributed by atoms with E-state index >= 15 is 0 Å². The minimum absolute atomic E-state index is 0.00337. The predicted molar refractivity (Wildman–Crippen MR) is 344 cm³/mol. The molecular weight excluding hydrogens is 975 g/mol. The van der Waals surface area contributed by atoms with E-state index in [0.717, 1.165) is 64.2 Å². The number of allylic oxidation sites excluding steroid dienone is 4. The molecule has 0 spiro atoms. The van der Waals surface area contributed by atoms with E-state index in [1.54, 1.807) is 0 Å². The number of amides is 1. The molecule has 0 rings (SSSR count). The molecule has 0 unspecified atom stereocenters. The largest absolute Gasteiger partial charge is 0.466 e. The van der Waals surface area contributed by atoms with E-state index in [4.69, 9.17) is 4.74 Å². The lowest BCUT2D eigenvalue weighted by atomic mass is 9.99. The van der Waals surface area contributed by atoms with Gasteiger partial charge in [0.2, 0.25) is 5.91 Å². The molecule has 0 saturated carbocycles. The van der Waals surface area contributed by atoms with Gasteiger partial charge in [0.1, 0.15) is 6.10 Å². The van der Waals surface area contributed by atoms with Crippen molar-refractivity contribution >= 4 is 11.9 Å². The minimum Gasteiger partial charge on any atom is -0.466 e. The van der Waals surface area contributed by atoms with Crippen molar-refractivity contribution in [1.82, 2.24) is 5.32 Å². The summed E-state index contributed by atoms with van der Waals surface area (Å²) in [6.45, 7) is 4.78. The van der Waals surface area contributed by atoms with Gasteiger partial charge in [0.05, 0.1) is 25.4 Å². The number of ether oxygens (including phenoxy) is 1. The molecule has 0 aromatic rings. The molecule has 79 heavy (non-hydrogen) atoms. The van der Waals surface area contributed by atoms with Gasteiger partial charge in [-0.05, 0) is 57.8 Å². The number of rotatable bonds is 67. The second-order valence-electron chi connectivity index (χ2n) is 24.7. The molecule has 0 fully saturated rings. The van der Waals surface area contributed by atoms with Crippen molar-refractivity contribution in [3.05, 3.63) is 24.3 Å². The Hall–Kier alpha value is -1.70. The summed E-state index contributed by atoms with van der Waals surface area (Å²) < 4.78 is 5.49. The van der Waals surface area contributed by atoms with Crippen LogP contribution in [0, 0.1) is 0 Å². The standard InChI is InChI=1S/C72H139NO6/c1-3-5-7-9-11-13-15-17-19-36-39-43-47-51-55-59-63-69(75)72(78)68(67-74)73-70(76)64-60-56-52-48-44-40-37-33-31-29-27-25-23-21-20-22-24-26-28-30-32-34-38-42-46-50-54-58-62-66-79-71(77)65-61-57-53-49-45-41-35-18-16-14-12-10-8-6-4-2/h12,14,18,35,68-69,72,74-75,78H,3-11,13,15-17,19-34,36-67H2,1-2H3,(H,73,76)/b14-12-,35-18-/t68-,69+,72-/m0/s1. The van der Waals surface area contributed by atoms with Crippen LogP contribution in [0.2, 0.25) is 0 Å². The third kappa shape index (κ3) is 62.2. The van der Waals surface area contributed by atoms with Crippen LogP contribution in [-0.2, 0) is 14.3 Å². The SMILES string of the molecule is CCCCC/C=C\C/C=C\CCCCCCCC(=O)OCCCCCCCCCCCCCCCCCCCCCCCCCCCCCCCC(=O)N[C@@H](CO)[C@H](O)[C@H](O)CCCCCCCCCCCCCCCCCC. The molecule has 4 N–H and O–H groups in total. The van der Waals surface area contributed by atoms with Crippen LogP contribution in [0.3, 0.4) is 0 Å². The van der Waals surface area contributed by atoms with E-state index in [-0.39, 0.29) is 18.5 Å². The molecule has 468 valence electrons. The van der Waals surface area contributed by atoms with Crippen molar-refractivity contribution in [3.63, 3.8) is 0 Å². The van der Waals surface area contributed by atoms with Crippen molar-refractivity contribution < 1.29 is 29.6 Å². The number of nitrogens with one attached hydrogen (secondary N) is 1. The topological polar surface area (TPSA) is 116 Å². The van der Waals surface area contributed by atoms with Gasteiger partial charge in [-0.2, -0.15) is 0 Å². The van der Waals surface area contributed by atoms with Gasteiger partial charge in [-0.25, -0.2) is 0 Å². The summed E-state index contributed by atoms with van der Waals surface area (Å²) in [6.07, 6.45) is 81.1. The van der Waals surface area contributed by atoms with Crippen molar-refractivity contribution in [2.75, 3.05) is 13.2 Å². The number of unbranched alkanes of at least 4 members (excludes halogenated alkanes) is 51. The highest BCUT2D eigenvalue weighted by Gasteiger charge is 2.27. The van der Waals surface area contributed by atoms with E-state index in [9.17, 15) is 24.9 Å². The van der Waals surface area contributed by atoms with Gasteiger partial charge in [-0.15, -0.1) is 0 Å². The fourth-order valence-electron chi connectivity index (χ4n) is 11.4. The fraction of sp³-hybridized carbons (Fsp3) is 0.917. The number of esters is 1. The zero-order valence-corrected chi connectivity index (χ0v) is 53.2. The Balaban J connectivity index is 3.38. The summed E-state index contributed by atoms with van der Waals surface area (Å²) in [6, 6.07) is -0.812. The molecule has 0 heterocycles. The average molecular weight is 1110 g/mol. The van der Waals surface area contributed by atoms with Crippen LogP contribution in [-0.4, -0.2) is 58.7 Å². The zero-order valence-electron chi connectivity index (χ0n) is 53.2. The van der Waals surface area contributed by atoms with Gasteiger partial charge in [0, 0.05) is 12.8 Å². The molecule has 7 nitrogen and oxygen atoms in total. The van der Waals surface area contributed by atoms with Crippen LogP contribution in [0.1, 0.15) is 393 Å². The minimum atomic E-state index is -1.14. The smallest absolute Gasteiger partial charge is 0.305 e. The van der Waals surface area contributed by atoms with Gasteiger partial charge in [-0.3, -0.25) is 9.59 Å². The molecule has 3 atom stereocenters. The molecule has 0 radical (unpaired) electrons. The van der Waals surface area contributed by atoms with Crippen LogP contribution in [0.25, 0.3) is 0 Å². The molecule has 0 saturated heterocycles. The summed E-state index contributed by atoms with van der Waals surface area (Å²) in [4.78, 5) is 24.6. The molecular formula is C72H139NO6. The van der Waals surface area contributed by atoms with Gasteiger partial charge in [-0.1, -0.05) is 346 Å². The van der Waals surface area contributed by atoms with Crippen LogP contribution in [0.15, 0.2) is 24.3 Å². The summed E-state index contributed by atoms with van der Waals surface area (Å²) in [5, 5.41) is 33.8. The number of aliphatic hydroxyl groups excluding tert-OH is 3. The Kier molecular flexibility index (Phi) is 65.7. The number of aliphatic hydroxyl groups is 3. The number of carbonyl (C=O) groups excluding carboxylic acids is 2. The molecule has 0 aliphatic rings. The number of carbonyl (C=O) groups is 2. The predicted octanol–water partition coefficient (Wildman–Crippen LogP) is 21.9. The highest BCUT2D eigenvalue weighted by Crippen LogP contribution is 2.19.